The quantitative estimate of drug-likeness (QED) is 0.823. The summed E-state index contributed by atoms with van der Waals surface area (Å²) in [5.74, 6) is 0.862. The molecule has 100 valence electrons. The minimum atomic E-state index is 0.178. The van der Waals surface area contributed by atoms with Crippen molar-refractivity contribution in [3.05, 3.63) is 16.6 Å². The van der Waals surface area contributed by atoms with E-state index in [1.807, 2.05) is 5.38 Å². The summed E-state index contributed by atoms with van der Waals surface area (Å²) in [5.41, 5.74) is 0. The van der Waals surface area contributed by atoms with E-state index in [-0.39, 0.29) is 5.91 Å². The van der Waals surface area contributed by atoms with Gasteiger partial charge >= 0.3 is 0 Å². The van der Waals surface area contributed by atoms with Crippen LogP contribution in [0.1, 0.15) is 30.7 Å². The second kappa shape index (κ2) is 7.48. The lowest BCUT2D eigenvalue weighted by Gasteiger charge is -2.22. The molecule has 1 atom stereocenters. The van der Waals surface area contributed by atoms with Gasteiger partial charge in [0.15, 0.2) is 0 Å². The minimum absolute atomic E-state index is 0.178. The fourth-order valence-electron chi connectivity index (χ4n) is 2.28. The van der Waals surface area contributed by atoms with Crippen molar-refractivity contribution in [1.82, 2.24) is 15.6 Å². The number of carbonyl (C=O) groups is 1. The molecule has 1 saturated heterocycles. The van der Waals surface area contributed by atoms with Gasteiger partial charge in [-0.3, -0.25) is 4.79 Å². The van der Waals surface area contributed by atoms with Crippen molar-refractivity contribution < 1.29 is 4.79 Å². The van der Waals surface area contributed by atoms with Gasteiger partial charge in [0, 0.05) is 31.0 Å². The Hall–Kier alpha value is -0.940. The number of amides is 1. The summed E-state index contributed by atoms with van der Waals surface area (Å²) < 4.78 is 0. The number of nitrogens with zero attached hydrogens (tertiary/aromatic N) is 1. The molecule has 4 nitrogen and oxygen atoms in total. The van der Waals surface area contributed by atoms with Crippen molar-refractivity contribution in [2.75, 3.05) is 19.6 Å². The molecule has 0 bridgehead atoms. The van der Waals surface area contributed by atoms with Gasteiger partial charge in [0.2, 0.25) is 5.91 Å². The van der Waals surface area contributed by atoms with Gasteiger partial charge in [-0.25, -0.2) is 4.98 Å². The van der Waals surface area contributed by atoms with E-state index in [4.69, 9.17) is 0 Å². The number of hydrogen-bond donors (Lipinski definition) is 2. The molecular weight excluding hydrogens is 246 g/mol. The van der Waals surface area contributed by atoms with Crippen molar-refractivity contribution >= 4 is 17.2 Å². The van der Waals surface area contributed by atoms with Gasteiger partial charge in [-0.05, 0) is 38.3 Å². The molecule has 5 heteroatoms. The highest BCUT2D eigenvalue weighted by atomic mass is 32.1. The van der Waals surface area contributed by atoms with E-state index in [1.54, 1.807) is 17.5 Å². The Labute approximate surface area is 112 Å². The third-order valence-electron chi connectivity index (χ3n) is 3.32. The standard InChI is InChI=1S/C13H21N3OS/c17-12(4-3-11-2-1-6-14-10-11)15-7-5-13-16-8-9-18-13/h8-9,11,14H,1-7,10H2,(H,15,17). The summed E-state index contributed by atoms with van der Waals surface area (Å²) in [6.45, 7) is 2.91. The molecule has 1 aliphatic heterocycles. The van der Waals surface area contributed by atoms with Crippen LogP contribution in [0.15, 0.2) is 11.6 Å². The first-order chi connectivity index (χ1) is 8.84. The third kappa shape index (κ3) is 4.74. The summed E-state index contributed by atoms with van der Waals surface area (Å²) in [4.78, 5) is 15.9. The van der Waals surface area contributed by atoms with Crippen LogP contribution < -0.4 is 10.6 Å². The van der Waals surface area contributed by atoms with Crippen molar-refractivity contribution in [2.24, 2.45) is 5.92 Å². The lowest BCUT2D eigenvalue weighted by atomic mass is 9.94. The largest absolute Gasteiger partial charge is 0.356 e. The normalized spacial score (nSPS) is 19.7. The number of piperidine rings is 1. The number of aromatic nitrogens is 1. The molecule has 2 rings (SSSR count). The van der Waals surface area contributed by atoms with E-state index in [0.717, 1.165) is 30.9 Å². The Morgan fingerprint density at radius 2 is 2.56 bits per heavy atom. The SMILES string of the molecule is O=C(CCC1CCCNC1)NCCc1nccs1. The summed E-state index contributed by atoms with van der Waals surface area (Å²) >= 11 is 1.64. The van der Waals surface area contributed by atoms with Gasteiger partial charge in [0.05, 0.1) is 5.01 Å². The Balaban J connectivity index is 1.54. The average Bonchev–Trinajstić information content (AvgIpc) is 2.91. The predicted molar refractivity (Wildman–Crippen MR) is 73.7 cm³/mol. The molecule has 1 fully saturated rings. The fraction of sp³-hybridized carbons (Fsp3) is 0.692. The second-order valence-electron chi connectivity index (χ2n) is 4.78. The zero-order chi connectivity index (χ0) is 12.6. The maximum absolute atomic E-state index is 11.7. The molecular formula is C13H21N3OS. The molecule has 18 heavy (non-hydrogen) atoms. The lowest BCUT2D eigenvalue weighted by molar-refractivity contribution is -0.121. The maximum Gasteiger partial charge on any atom is 0.220 e. The summed E-state index contributed by atoms with van der Waals surface area (Å²) in [7, 11) is 0. The summed E-state index contributed by atoms with van der Waals surface area (Å²) in [6, 6.07) is 0. The molecule has 2 heterocycles. The van der Waals surface area contributed by atoms with Crippen molar-refractivity contribution in [2.45, 2.75) is 32.1 Å². The first-order valence-electron chi connectivity index (χ1n) is 6.70. The number of thiazole rings is 1. The predicted octanol–water partition coefficient (Wildman–Crippen LogP) is 1.58. The molecule has 0 saturated carbocycles. The van der Waals surface area contributed by atoms with Crippen LogP contribution in [0.25, 0.3) is 0 Å². The average molecular weight is 267 g/mol. The highest BCUT2D eigenvalue weighted by molar-refractivity contribution is 7.09. The Kier molecular flexibility index (Phi) is 5.61. The highest BCUT2D eigenvalue weighted by Gasteiger charge is 2.14. The van der Waals surface area contributed by atoms with E-state index in [1.165, 1.54) is 12.8 Å². The number of carbonyl (C=O) groups excluding carboxylic acids is 1. The van der Waals surface area contributed by atoms with E-state index in [9.17, 15) is 4.79 Å². The zero-order valence-electron chi connectivity index (χ0n) is 10.7. The number of rotatable bonds is 6. The maximum atomic E-state index is 11.7. The van der Waals surface area contributed by atoms with E-state index >= 15 is 0 Å². The van der Waals surface area contributed by atoms with Crippen molar-refractivity contribution in [3.8, 4) is 0 Å². The molecule has 1 aliphatic rings. The van der Waals surface area contributed by atoms with Gasteiger partial charge in [-0.15, -0.1) is 11.3 Å². The topological polar surface area (TPSA) is 54.0 Å². The van der Waals surface area contributed by atoms with E-state index < -0.39 is 0 Å². The van der Waals surface area contributed by atoms with Crippen LogP contribution in [0.5, 0.6) is 0 Å². The summed E-state index contributed by atoms with van der Waals surface area (Å²) in [5, 5.41) is 9.40. The number of nitrogens with one attached hydrogen (secondary N) is 2. The van der Waals surface area contributed by atoms with E-state index in [2.05, 4.69) is 15.6 Å². The molecule has 2 N–H and O–H groups in total. The van der Waals surface area contributed by atoms with Crippen LogP contribution in [0.4, 0.5) is 0 Å². The fourth-order valence-corrected chi connectivity index (χ4v) is 2.90. The molecule has 1 aromatic heterocycles. The molecule has 0 spiro atoms. The van der Waals surface area contributed by atoms with Crippen LogP contribution in [-0.4, -0.2) is 30.5 Å². The molecule has 1 amide bonds. The zero-order valence-corrected chi connectivity index (χ0v) is 11.5. The van der Waals surface area contributed by atoms with Crippen LogP contribution in [-0.2, 0) is 11.2 Å². The lowest BCUT2D eigenvalue weighted by Crippen LogP contribution is -2.31. The Bertz CT molecular complexity index is 347. The van der Waals surface area contributed by atoms with Gasteiger partial charge in [0.1, 0.15) is 0 Å². The first-order valence-corrected chi connectivity index (χ1v) is 7.58. The molecule has 0 aromatic carbocycles. The molecule has 0 radical (unpaired) electrons. The Morgan fingerprint density at radius 3 is 3.28 bits per heavy atom. The van der Waals surface area contributed by atoms with Crippen LogP contribution in [0.3, 0.4) is 0 Å². The van der Waals surface area contributed by atoms with E-state index in [0.29, 0.717) is 18.9 Å². The Morgan fingerprint density at radius 1 is 1.61 bits per heavy atom. The van der Waals surface area contributed by atoms with Crippen molar-refractivity contribution in [3.63, 3.8) is 0 Å². The van der Waals surface area contributed by atoms with Gasteiger partial charge < -0.3 is 10.6 Å². The van der Waals surface area contributed by atoms with Gasteiger partial charge in [-0.2, -0.15) is 0 Å². The van der Waals surface area contributed by atoms with Crippen LogP contribution in [0.2, 0.25) is 0 Å². The smallest absolute Gasteiger partial charge is 0.220 e. The molecule has 0 aliphatic carbocycles. The van der Waals surface area contributed by atoms with Crippen LogP contribution in [0, 0.1) is 5.92 Å². The first kappa shape index (κ1) is 13.5. The van der Waals surface area contributed by atoms with Gasteiger partial charge in [0.25, 0.3) is 0 Å². The van der Waals surface area contributed by atoms with Gasteiger partial charge in [-0.1, -0.05) is 0 Å². The molecule has 1 aromatic rings. The summed E-state index contributed by atoms with van der Waals surface area (Å²) in [6.07, 6.45) is 6.82. The second-order valence-corrected chi connectivity index (χ2v) is 5.76. The van der Waals surface area contributed by atoms with Crippen molar-refractivity contribution in [1.29, 1.82) is 0 Å². The number of hydrogen-bond acceptors (Lipinski definition) is 4. The monoisotopic (exact) mass is 267 g/mol. The highest BCUT2D eigenvalue weighted by Crippen LogP contribution is 2.15. The van der Waals surface area contributed by atoms with Crippen LogP contribution >= 0.6 is 11.3 Å². The third-order valence-corrected chi connectivity index (χ3v) is 4.16. The minimum Gasteiger partial charge on any atom is -0.356 e. The molecule has 1 unspecified atom stereocenters.